The molecule has 6 nitrogen and oxygen atoms in total. The second-order valence-corrected chi connectivity index (χ2v) is 7.74. The lowest BCUT2D eigenvalue weighted by atomic mass is 10.0. The Morgan fingerprint density at radius 2 is 2.17 bits per heavy atom. The topological polar surface area (TPSA) is 85.0 Å². The highest BCUT2D eigenvalue weighted by atomic mass is 32.1. The van der Waals surface area contributed by atoms with Gasteiger partial charge in [-0.15, -0.1) is 11.3 Å². The van der Waals surface area contributed by atoms with Gasteiger partial charge in [0.25, 0.3) is 5.56 Å². The molecule has 3 rings (SSSR count). The van der Waals surface area contributed by atoms with E-state index in [1.54, 1.807) is 18.5 Å². The Balaban J connectivity index is 2.05. The molecule has 2 heterocycles. The molecule has 0 aliphatic heterocycles. The van der Waals surface area contributed by atoms with Crippen molar-refractivity contribution in [2.24, 2.45) is 7.05 Å². The van der Waals surface area contributed by atoms with Gasteiger partial charge in [0.1, 0.15) is 17.5 Å². The monoisotopic (exact) mass is 425 g/mol. The van der Waals surface area contributed by atoms with Gasteiger partial charge < -0.3 is 9.30 Å². The van der Waals surface area contributed by atoms with Crippen molar-refractivity contribution in [3.8, 4) is 16.6 Å². The first kappa shape index (κ1) is 20.8. The van der Waals surface area contributed by atoms with Crippen molar-refractivity contribution in [3.05, 3.63) is 74.6 Å². The van der Waals surface area contributed by atoms with E-state index in [0.717, 1.165) is 16.0 Å². The van der Waals surface area contributed by atoms with Gasteiger partial charge in [0, 0.05) is 7.05 Å². The van der Waals surface area contributed by atoms with Crippen LogP contribution in [-0.2, 0) is 23.0 Å². The molecule has 0 spiro atoms. The molecule has 0 saturated heterocycles. The van der Waals surface area contributed by atoms with Gasteiger partial charge in [0.15, 0.2) is 0 Å². The standard InChI is InChI=1S/C21H19N3O3S2/c1-3-27-17(25)11-13-6-4-7-14(10-13)19(28)20-23-21(26)15(12-22)18(24(20)2)16-8-5-9-29-16/h4-10,19,28H,3,11H2,1-2H3. The molecule has 3 aromatic rings. The van der Waals surface area contributed by atoms with Gasteiger partial charge in [-0.25, -0.2) is 0 Å². The lowest BCUT2D eigenvalue weighted by molar-refractivity contribution is -0.142. The van der Waals surface area contributed by atoms with E-state index in [1.807, 2.05) is 47.8 Å². The first-order valence-electron chi connectivity index (χ1n) is 8.93. The molecule has 0 aliphatic carbocycles. The molecule has 0 saturated carbocycles. The smallest absolute Gasteiger partial charge is 0.310 e. The summed E-state index contributed by atoms with van der Waals surface area (Å²) in [6, 6.07) is 13.1. The minimum absolute atomic E-state index is 0.00953. The number of carbonyl (C=O) groups is 1. The number of rotatable bonds is 6. The average Bonchev–Trinajstić information content (AvgIpc) is 3.23. The number of aromatic nitrogens is 2. The molecule has 0 radical (unpaired) electrons. The Bertz CT molecular complexity index is 1130. The van der Waals surface area contributed by atoms with Gasteiger partial charge in [-0.05, 0) is 29.5 Å². The summed E-state index contributed by atoms with van der Waals surface area (Å²) in [5, 5.41) is 10.8. The number of hydrogen-bond donors (Lipinski definition) is 1. The van der Waals surface area contributed by atoms with Crippen molar-refractivity contribution in [2.75, 3.05) is 6.61 Å². The average molecular weight is 426 g/mol. The van der Waals surface area contributed by atoms with Crippen LogP contribution in [0.4, 0.5) is 0 Å². The molecule has 0 aliphatic rings. The molecular weight excluding hydrogens is 406 g/mol. The van der Waals surface area contributed by atoms with Crippen LogP contribution in [0.5, 0.6) is 0 Å². The molecule has 0 fully saturated rings. The number of thiophene rings is 1. The second kappa shape index (κ2) is 9.07. The Morgan fingerprint density at radius 1 is 1.38 bits per heavy atom. The molecule has 29 heavy (non-hydrogen) atoms. The molecule has 1 atom stereocenters. The summed E-state index contributed by atoms with van der Waals surface area (Å²) in [7, 11) is 1.77. The number of ether oxygens (including phenoxy) is 1. The Kier molecular flexibility index (Phi) is 6.52. The number of carbonyl (C=O) groups excluding carboxylic acids is 1. The highest BCUT2D eigenvalue weighted by Crippen LogP contribution is 2.32. The molecule has 0 N–H and O–H groups in total. The van der Waals surface area contributed by atoms with E-state index in [-0.39, 0.29) is 18.0 Å². The van der Waals surface area contributed by atoms with Crippen molar-refractivity contribution in [3.63, 3.8) is 0 Å². The molecule has 0 amide bonds. The number of thiol groups is 1. The number of esters is 1. The van der Waals surface area contributed by atoms with Crippen molar-refractivity contribution in [1.29, 1.82) is 5.26 Å². The van der Waals surface area contributed by atoms with Crippen LogP contribution in [0.3, 0.4) is 0 Å². The number of nitriles is 1. The van der Waals surface area contributed by atoms with E-state index in [4.69, 9.17) is 17.4 Å². The number of hydrogen-bond acceptors (Lipinski definition) is 7. The maximum absolute atomic E-state index is 12.5. The van der Waals surface area contributed by atoms with Crippen molar-refractivity contribution < 1.29 is 9.53 Å². The summed E-state index contributed by atoms with van der Waals surface area (Å²) in [6.45, 7) is 2.09. The maximum Gasteiger partial charge on any atom is 0.310 e. The summed E-state index contributed by atoms with van der Waals surface area (Å²) in [4.78, 5) is 29.2. The van der Waals surface area contributed by atoms with Gasteiger partial charge >= 0.3 is 5.97 Å². The molecular formula is C21H19N3O3S2. The summed E-state index contributed by atoms with van der Waals surface area (Å²) >= 11 is 6.14. The summed E-state index contributed by atoms with van der Waals surface area (Å²) in [5.74, 6) is 0.123. The minimum Gasteiger partial charge on any atom is -0.466 e. The zero-order valence-corrected chi connectivity index (χ0v) is 17.7. The minimum atomic E-state index is -0.578. The van der Waals surface area contributed by atoms with E-state index in [9.17, 15) is 14.9 Å². The third kappa shape index (κ3) is 4.42. The fraction of sp³-hybridized carbons (Fsp3) is 0.238. The third-order valence-electron chi connectivity index (χ3n) is 4.38. The van der Waals surface area contributed by atoms with E-state index < -0.39 is 10.8 Å². The Hall–Kier alpha value is -2.89. The second-order valence-electron chi connectivity index (χ2n) is 6.28. The lowest BCUT2D eigenvalue weighted by Gasteiger charge is -2.19. The first-order valence-corrected chi connectivity index (χ1v) is 10.3. The van der Waals surface area contributed by atoms with Crippen molar-refractivity contribution in [2.45, 2.75) is 18.6 Å². The van der Waals surface area contributed by atoms with E-state index in [1.165, 1.54) is 11.3 Å². The van der Waals surface area contributed by atoms with Gasteiger partial charge in [0.2, 0.25) is 0 Å². The molecule has 2 aromatic heterocycles. The van der Waals surface area contributed by atoms with Crippen LogP contribution in [0.2, 0.25) is 0 Å². The predicted molar refractivity (Wildman–Crippen MR) is 115 cm³/mol. The lowest BCUT2D eigenvalue weighted by Crippen LogP contribution is -2.22. The fourth-order valence-electron chi connectivity index (χ4n) is 3.07. The zero-order valence-electron chi connectivity index (χ0n) is 16.0. The molecule has 0 bridgehead atoms. The van der Waals surface area contributed by atoms with E-state index in [2.05, 4.69) is 4.98 Å². The van der Waals surface area contributed by atoms with Crippen LogP contribution < -0.4 is 5.56 Å². The highest BCUT2D eigenvalue weighted by Gasteiger charge is 2.22. The van der Waals surface area contributed by atoms with Crippen LogP contribution in [0.25, 0.3) is 10.6 Å². The van der Waals surface area contributed by atoms with Gasteiger partial charge in [0.05, 0.1) is 28.8 Å². The van der Waals surface area contributed by atoms with Gasteiger partial charge in [-0.1, -0.05) is 30.3 Å². The van der Waals surface area contributed by atoms with Gasteiger partial charge in [-0.2, -0.15) is 22.9 Å². The first-order chi connectivity index (χ1) is 14.0. The van der Waals surface area contributed by atoms with Crippen LogP contribution >= 0.6 is 24.0 Å². The van der Waals surface area contributed by atoms with Crippen molar-refractivity contribution >= 4 is 29.9 Å². The fourth-order valence-corrected chi connectivity index (χ4v) is 4.27. The SMILES string of the molecule is CCOC(=O)Cc1cccc(C(S)c2nc(=O)c(C#N)c(-c3cccs3)n2C)c1. The van der Waals surface area contributed by atoms with Crippen LogP contribution in [0, 0.1) is 11.3 Å². The largest absolute Gasteiger partial charge is 0.466 e. The Morgan fingerprint density at radius 3 is 2.83 bits per heavy atom. The predicted octanol–water partition coefficient (Wildman–Crippen LogP) is 3.51. The normalized spacial score (nSPS) is 11.7. The Labute approximate surface area is 177 Å². The number of nitrogens with zero attached hydrogens (tertiary/aromatic N) is 3. The molecule has 1 unspecified atom stereocenters. The number of benzene rings is 1. The zero-order chi connectivity index (χ0) is 21.0. The van der Waals surface area contributed by atoms with Gasteiger partial charge in [-0.3, -0.25) is 9.59 Å². The maximum atomic E-state index is 12.5. The van der Waals surface area contributed by atoms with E-state index >= 15 is 0 Å². The molecule has 8 heteroatoms. The highest BCUT2D eigenvalue weighted by molar-refractivity contribution is 7.80. The van der Waals surface area contributed by atoms with E-state index in [0.29, 0.717) is 18.1 Å². The van der Waals surface area contributed by atoms with Crippen LogP contribution in [0.15, 0.2) is 46.6 Å². The van der Waals surface area contributed by atoms with Crippen LogP contribution in [-0.4, -0.2) is 22.1 Å². The molecule has 148 valence electrons. The van der Waals surface area contributed by atoms with Crippen molar-refractivity contribution in [1.82, 2.24) is 9.55 Å². The van der Waals surface area contributed by atoms with Crippen LogP contribution in [0.1, 0.15) is 34.7 Å². The summed E-state index contributed by atoms with van der Waals surface area (Å²) < 4.78 is 6.74. The summed E-state index contributed by atoms with van der Waals surface area (Å²) in [5.41, 5.74) is 1.54. The summed E-state index contributed by atoms with van der Waals surface area (Å²) in [6.07, 6.45) is 0.155. The molecule has 1 aromatic carbocycles. The quantitative estimate of drug-likeness (QED) is 0.483. The third-order valence-corrected chi connectivity index (χ3v) is 5.78.